The van der Waals surface area contributed by atoms with Crippen LogP contribution in [0.1, 0.15) is 17.0 Å². The fourth-order valence-corrected chi connectivity index (χ4v) is 1.99. The third-order valence-electron chi connectivity index (χ3n) is 2.97. The molecule has 0 saturated heterocycles. The van der Waals surface area contributed by atoms with E-state index in [0.717, 1.165) is 12.2 Å². The quantitative estimate of drug-likeness (QED) is 0.787. The van der Waals surface area contributed by atoms with Gasteiger partial charge in [0.05, 0.1) is 18.4 Å². The summed E-state index contributed by atoms with van der Waals surface area (Å²) in [5, 5.41) is 14.0. The Labute approximate surface area is 103 Å². The highest BCUT2D eigenvalue weighted by Crippen LogP contribution is 2.13. The van der Waals surface area contributed by atoms with Crippen molar-refractivity contribution >= 4 is 0 Å². The molecule has 0 bridgehead atoms. The topological polar surface area (TPSA) is 50.5 Å². The average Bonchev–Trinajstić information content (AvgIpc) is 2.45. The van der Waals surface area contributed by atoms with Gasteiger partial charge in [0, 0.05) is 38.5 Å². The van der Waals surface area contributed by atoms with Crippen LogP contribution >= 0.6 is 0 Å². The van der Waals surface area contributed by atoms with Crippen LogP contribution in [0.5, 0.6) is 0 Å². The maximum atomic E-state index is 9.65. The molecular formula is C12H23N3O2. The molecule has 1 atom stereocenters. The molecule has 1 unspecified atom stereocenters. The first-order valence-electron chi connectivity index (χ1n) is 5.80. The predicted octanol–water partition coefficient (Wildman–Crippen LogP) is 0.476. The molecule has 0 spiro atoms. The van der Waals surface area contributed by atoms with Crippen molar-refractivity contribution in [1.82, 2.24) is 14.7 Å². The number of likely N-dealkylation sites (N-methyl/N-ethyl adjacent to an activating group) is 1. The van der Waals surface area contributed by atoms with E-state index in [0.29, 0.717) is 13.2 Å². The molecule has 1 rings (SSSR count). The molecule has 0 aliphatic carbocycles. The van der Waals surface area contributed by atoms with E-state index in [1.165, 1.54) is 11.3 Å². The second-order valence-electron chi connectivity index (χ2n) is 4.58. The highest BCUT2D eigenvalue weighted by molar-refractivity contribution is 5.24. The molecule has 5 nitrogen and oxygen atoms in total. The zero-order chi connectivity index (χ0) is 13.0. The zero-order valence-electron chi connectivity index (χ0n) is 11.4. The van der Waals surface area contributed by atoms with Crippen LogP contribution in [0.25, 0.3) is 0 Å². The number of aromatic nitrogens is 2. The summed E-state index contributed by atoms with van der Waals surface area (Å²) in [6.07, 6.45) is -0.442. The number of hydrogen-bond acceptors (Lipinski definition) is 4. The number of aliphatic hydroxyl groups excluding tert-OH is 1. The lowest BCUT2D eigenvalue weighted by atomic mass is 10.2. The van der Waals surface area contributed by atoms with Crippen LogP contribution in [0, 0.1) is 13.8 Å². The van der Waals surface area contributed by atoms with Gasteiger partial charge in [-0.3, -0.25) is 9.58 Å². The van der Waals surface area contributed by atoms with Crippen LogP contribution in [0.4, 0.5) is 0 Å². The molecule has 0 amide bonds. The summed E-state index contributed by atoms with van der Waals surface area (Å²) < 4.78 is 6.81. The van der Waals surface area contributed by atoms with Gasteiger partial charge in [0.2, 0.25) is 0 Å². The highest BCUT2D eigenvalue weighted by Gasteiger charge is 2.13. The minimum absolute atomic E-state index is 0.370. The largest absolute Gasteiger partial charge is 0.389 e. The van der Waals surface area contributed by atoms with E-state index in [-0.39, 0.29) is 0 Å². The van der Waals surface area contributed by atoms with Crippen molar-refractivity contribution in [2.75, 3.05) is 27.3 Å². The molecule has 0 radical (unpaired) electrons. The minimum atomic E-state index is -0.442. The van der Waals surface area contributed by atoms with Crippen LogP contribution in [0.3, 0.4) is 0 Å². The Morgan fingerprint density at radius 2 is 2.12 bits per heavy atom. The van der Waals surface area contributed by atoms with Gasteiger partial charge in [0.1, 0.15) is 0 Å². The number of ether oxygens (including phenoxy) is 1. The Kier molecular flexibility index (Phi) is 5.11. The monoisotopic (exact) mass is 241 g/mol. The van der Waals surface area contributed by atoms with Crippen molar-refractivity contribution in [3.05, 3.63) is 17.0 Å². The van der Waals surface area contributed by atoms with Crippen molar-refractivity contribution in [3.8, 4) is 0 Å². The molecule has 17 heavy (non-hydrogen) atoms. The van der Waals surface area contributed by atoms with Gasteiger partial charge in [0.15, 0.2) is 0 Å². The van der Waals surface area contributed by atoms with Gasteiger partial charge >= 0.3 is 0 Å². The van der Waals surface area contributed by atoms with E-state index in [4.69, 9.17) is 4.74 Å². The van der Waals surface area contributed by atoms with Crippen molar-refractivity contribution in [1.29, 1.82) is 0 Å². The van der Waals surface area contributed by atoms with E-state index < -0.39 is 6.10 Å². The predicted molar refractivity (Wildman–Crippen MR) is 66.9 cm³/mol. The third kappa shape index (κ3) is 3.80. The van der Waals surface area contributed by atoms with E-state index in [9.17, 15) is 5.11 Å². The van der Waals surface area contributed by atoms with Gasteiger partial charge in [-0.05, 0) is 20.9 Å². The van der Waals surface area contributed by atoms with E-state index in [1.807, 2.05) is 25.7 Å². The molecule has 98 valence electrons. The SMILES string of the molecule is COCC(O)CN(C)Cc1c(C)nn(C)c1C. The van der Waals surface area contributed by atoms with Crippen molar-refractivity contribution in [2.24, 2.45) is 7.05 Å². The van der Waals surface area contributed by atoms with Gasteiger partial charge in [-0.25, -0.2) is 0 Å². The minimum Gasteiger partial charge on any atom is -0.389 e. The maximum absolute atomic E-state index is 9.65. The Bertz CT molecular complexity index is 363. The standard InChI is InChI=1S/C12H23N3O2/c1-9-12(10(2)15(4)13-9)7-14(3)6-11(16)8-17-5/h11,16H,6-8H2,1-5H3. The number of nitrogens with zero attached hydrogens (tertiary/aromatic N) is 3. The summed E-state index contributed by atoms with van der Waals surface area (Å²) in [4.78, 5) is 2.08. The van der Waals surface area contributed by atoms with Crippen LogP contribution in [0.2, 0.25) is 0 Å². The Morgan fingerprint density at radius 3 is 2.59 bits per heavy atom. The molecule has 1 N–H and O–H groups in total. The molecule has 0 aromatic carbocycles. The van der Waals surface area contributed by atoms with Gasteiger partial charge in [-0.2, -0.15) is 5.10 Å². The van der Waals surface area contributed by atoms with Gasteiger partial charge in [-0.1, -0.05) is 0 Å². The molecule has 1 heterocycles. The summed E-state index contributed by atoms with van der Waals surface area (Å²) in [6.45, 7) is 5.85. The number of rotatable bonds is 6. The fraction of sp³-hybridized carbons (Fsp3) is 0.750. The van der Waals surface area contributed by atoms with Crippen LogP contribution in [0.15, 0.2) is 0 Å². The maximum Gasteiger partial charge on any atom is 0.0900 e. The van der Waals surface area contributed by atoms with Gasteiger partial charge in [-0.15, -0.1) is 0 Å². The van der Waals surface area contributed by atoms with Crippen LogP contribution in [-0.2, 0) is 18.3 Å². The van der Waals surface area contributed by atoms with Crippen LogP contribution < -0.4 is 0 Å². The molecule has 0 fully saturated rings. The average molecular weight is 241 g/mol. The lowest BCUT2D eigenvalue weighted by molar-refractivity contribution is 0.0418. The second-order valence-corrected chi connectivity index (χ2v) is 4.58. The molecule has 0 aliphatic heterocycles. The Morgan fingerprint density at radius 1 is 1.47 bits per heavy atom. The fourth-order valence-electron chi connectivity index (χ4n) is 1.99. The first-order valence-corrected chi connectivity index (χ1v) is 5.80. The van der Waals surface area contributed by atoms with Gasteiger partial charge < -0.3 is 9.84 Å². The third-order valence-corrected chi connectivity index (χ3v) is 2.97. The first kappa shape index (κ1) is 14.2. The second kappa shape index (κ2) is 6.14. The van der Waals surface area contributed by atoms with Crippen LogP contribution in [-0.4, -0.2) is 53.2 Å². The van der Waals surface area contributed by atoms with E-state index in [1.54, 1.807) is 7.11 Å². The highest BCUT2D eigenvalue weighted by atomic mass is 16.5. The molecule has 0 saturated carbocycles. The summed E-state index contributed by atoms with van der Waals surface area (Å²) in [5.74, 6) is 0. The smallest absolute Gasteiger partial charge is 0.0900 e. The molecule has 1 aromatic heterocycles. The lowest BCUT2D eigenvalue weighted by Gasteiger charge is -2.20. The van der Waals surface area contributed by atoms with E-state index in [2.05, 4.69) is 16.9 Å². The molecule has 1 aromatic rings. The van der Waals surface area contributed by atoms with Crippen molar-refractivity contribution in [2.45, 2.75) is 26.5 Å². The molecular weight excluding hydrogens is 218 g/mol. The summed E-state index contributed by atoms with van der Waals surface area (Å²) in [7, 11) is 5.54. The Hall–Kier alpha value is -0.910. The van der Waals surface area contributed by atoms with Gasteiger partial charge in [0.25, 0.3) is 0 Å². The van der Waals surface area contributed by atoms with Crippen molar-refractivity contribution < 1.29 is 9.84 Å². The summed E-state index contributed by atoms with van der Waals surface area (Å²) in [6, 6.07) is 0. The van der Waals surface area contributed by atoms with Crippen molar-refractivity contribution in [3.63, 3.8) is 0 Å². The molecule has 0 aliphatic rings. The normalized spacial score (nSPS) is 13.4. The summed E-state index contributed by atoms with van der Waals surface area (Å²) in [5.41, 5.74) is 3.47. The number of aliphatic hydroxyl groups is 1. The first-order chi connectivity index (χ1) is 7.95. The zero-order valence-corrected chi connectivity index (χ0v) is 11.4. The summed E-state index contributed by atoms with van der Waals surface area (Å²) >= 11 is 0. The van der Waals surface area contributed by atoms with E-state index >= 15 is 0 Å². The number of aryl methyl sites for hydroxylation is 2. The molecule has 5 heteroatoms. The lowest BCUT2D eigenvalue weighted by Crippen LogP contribution is -2.31. The Balaban J connectivity index is 2.58. The number of hydrogen-bond donors (Lipinski definition) is 1. The number of methoxy groups -OCH3 is 1.